The zero-order valence-electron chi connectivity index (χ0n) is 17.0. The van der Waals surface area contributed by atoms with Gasteiger partial charge >= 0.3 is 6.09 Å². The first-order chi connectivity index (χ1) is 14.4. The number of likely N-dealkylation sites (tertiary alicyclic amines) is 1. The highest BCUT2D eigenvalue weighted by Gasteiger charge is 2.50. The summed E-state index contributed by atoms with van der Waals surface area (Å²) < 4.78 is 0. The van der Waals surface area contributed by atoms with Gasteiger partial charge in [-0.05, 0) is 63.1 Å². The number of amides is 2. The second-order valence-electron chi connectivity index (χ2n) is 8.79. The van der Waals surface area contributed by atoms with Crippen molar-refractivity contribution in [3.05, 3.63) is 23.8 Å². The van der Waals surface area contributed by atoms with Crippen LogP contribution in [0.15, 0.2) is 18.2 Å². The van der Waals surface area contributed by atoms with Gasteiger partial charge in [0.2, 0.25) is 5.91 Å². The van der Waals surface area contributed by atoms with Crippen molar-refractivity contribution in [3.8, 4) is 6.07 Å². The van der Waals surface area contributed by atoms with Gasteiger partial charge in [-0.25, -0.2) is 4.79 Å². The number of aliphatic hydroxyl groups is 1. The molecule has 160 valence electrons. The van der Waals surface area contributed by atoms with E-state index in [4.69, 9.17) is 5.11 Å². The van der Waals surface area contributed by atoms with E-state index in [9.17, 15) is 20.0 Å². The molecule has 1 saturated carbocycles. The number of hydrogen-bond acceptors (Lipinski definition) is 5. The van der Waals surface area contributed by atoms with E-state index in [-0.39, 0.29) is 18.1 Å². The lowest BCUT2D eigenvalue weighted by Gasteiger charge is -2.41. The van der Waals surface area contributed by atoms with Crippen LogP contribution in [0.25, 0.3) is 0 Å². The van der Waals surface area contributed by atoms with Crippen LogP contribution in [0.3, 0.4) is 0 Å². The topological polar surface area (TPSA) is 117 Å². The standard InChI is InChI=1S/C22H28N4O4/c23-13-15-12-16(24-21(29)30)2-7-19(15)25-10-1-8-22(14-25)9-11-26(20(22)28)17-3-5-18(27)6-4-17/h2,7,12,17-18,24,27H,1,3-6,8-11,14H2,(H,29,30)/t17?,18?,22-/m1/s1. The Kier molecular flexibility index (Phi) is 5.56. The van der Waals surface area contributed by atoms with Crippen molar-refractivity contribution in [1.82, 2.24) is 4.90 Å². The molecule has 3 aliphatic rings. The van der Waals surface area contributed by atoms with Gasteiger partial charge in [0.15, 0.2) is 0 Å². The minimum absolute atomic E-state index is 0.219. The minimum atomic E-state index is -1.17. The van der Waals surface area contributed by atoms with Gasteiger partial charge in [-0.15, -0.1) is 0 Å². The number of aliphatic hydroxyl groups excluding tert-OH is 1. The number of benzene rings is 1. The van der Waals surface area contributed by atoms with Gasteiger partial charge in [0.05, 0.1) is 22.8 Å². The highest BCUT2D eigenvalue weighted by Crippen LogP contribution is 2.44. The molecule has 8 heteroatoms. The number of nitriles is 1. The van der Waals surface area contributed by atoms with E-state index in [0.29, 0.717) is 17.8 Å². The van der Waals surface area contributed by atoms with Gasteiger partial charge in [-0.1, -0.05) is 0 Å². The number of carboxylic acid groups (broad SMARTS) is 1. The molecule has 2 aliphatic heterocycles. The van der Waals surface area contributed by atoms with E-state index < -0.39 is 11.5 Å². The third-order valence-electron chi connectivity index (χ3n) is 6.94. The van der Waals surface area contributed by atoms with Crippen molar-refractivity contribution >= 4 is 23.4 Å². The molecule has 1 spiro atoms. The molecular formula is C22H28N4O4. The summed E-state index contributed by atoms with van der Waals surface area (Å²) in [5.41, 5.74) is 1.09. The summed E-state index contributed by atoms with van der Waals surface area (Å²) in [6.07, 6.45) is 4.40. The monoisotopic (exact) mass is 412 g/mol. The Bertz CT molecular complexity index is 874. The van der Waals surface area contributed by atoms with Gasteiger partial charge < -0.3 is 20.0 Å². The molecular weight excluding hydrogens is 384 g/mol. The fraction of sp³-hybridized carbons (Fsp3) is 0.591. The Morgan fingerprint density at radius 1 is 1.20 bits per heavy atom. The largest absolute Gasteiger partial charge is 0.465 e. The van der Waals surface area contributed by atoms with Crippen molar-refractivity contribution in [2.75, 3.05) is 29.9 Å². The second kappa shape index (κ2) is 8.15. The highest BCUT2D eigenvalue weighted by molar-refractivity contribution is 5.87. The number of nitrogens with zero attached hydrogens (tertiary/aromatic N) is 3. The third-order valence-corrected chi connectivity index (χ3v) is 6.94. The molecule has 1 aliphatic carbocycles. The van der Waals surface area contributed by atoms with Crippen LogP contribution < -0.4 is 10.2 Å². The lowest BCUT2D eigenvalue weighted by atomic mass is 9.78. The van der Waals surface area contributed by atoms with Crippen molar-refractivity contribution in [2.24, 2.45) is 5.41 Å². The van der Waals surface area contributed by atoms with Crippen LogP contribution in [0.4, 0.5) is 16.2 Å². The average Bonchev–Trinajstić information content (AvgIpc) is 3.03. The Labute approximate surface area is 176 Å². The number of carbonyl (C=O) groups excluding carboxylic acids is 1. The fourth-order valence-electron chi connectivity index (χ4n) is 5.38. The Morgan fingerprint density at radius 2 is 1.97 bits per heavy atom. The molecule has 0 unspecified atom stereocenters. The SMILES string of the molecule is N#Cc1cc(NC(=O)O)ccc1N1CCC[C@@]2(CCN(C3CCC(O)CC3)C2=O)C1. The van der Waals surface area contributed by atoms with Gasteiger partial charge in [0.25, 0.3) is 0 Å². The molecule has 8 nitrogen and oxygen atoms in total. The molecule has 2 amide bonds. The van der Waals surface area contributed by atoms with Crippen LogP contribution in [0.5, 0.6) is 0 Å². The van der Waals surface area contributed by atoms with Crippen LogP contribution in [0.2, 0.25) is 0 Å². The summed E-state index contributed by atoms with van der Waals surface area (Å²) in [6, 6.07) is 7.36. The molecule has 2 heterocycles. The zero-order valence-corrected chi connectivity index (χ0v) is 17.0. The Hall–Kier alpha value is -2.79. The molecule has 0 aromatic heterocycles. The lowest BCUT2D eigenvalue weighted by Crippen LogP contribution is -2.50. The Morgan fingerprint density at radius 3 is 2.67 bits per heavy atom. The molecule has 1 aromatic carbocycles. The van der Waals surface area contributed by atoms with Crippen molar-refractivity contribution < 1.29 is 19.8 Å². The van der Waals surface area contributed by atoms with Gasteiger partial charge in [0.1, 0.15) is 6.07 Å². The molecule has 30 heavy (non-hydrogen) atoms. The van der Waals surface area contributed by atoms with E-state index in [1.807, 2.05) is 4.90 Å². The van der Waals surface area contributed by atoms with Gasteiger partial charge in [-0.3, -0.25) is 10.1 Å². The highest BCUT2D eigenvalue weighted by atomic mass is 16.4. The molecule has 3 N–H and O–H groups in total. The number of piperidine rings is 1. The summed E-state index contributed by atoms with van der Waals surface area (Å²) in [6.45, 7) is 2.11. The molecule has 4 rings (SSSR count). The number of anilines is 2. The molecule has 0 radical (unpaired) electrons. The summed E-state index contributed by atoms with van der Waals surface area (Å²) >= 11 is 0. The molecule has 1 aromatic rings. The number of rotatable bonds is 3. The Balaban J connectivity index is 1.52. The van der Waals surface area contributed by atoms with Crippen molar-refractivity contribution in [3.63, 3.8) is 0 Å². The van der Waals surface area contributed by atoms with Crippen LogP contribution >= 0.6 is 0 Å². The van der Waals surface area contributed by atoms with Crippen LogP contribution in [0.1, 0.15) is 50.5 Å². The minimum Gasteiger partial charge on any atom is -0.465 e. The molecule has 2 saturated heterocycles. The number of nitrogens with one attached hydrogen (secondary N) is 1. The van der Waals surface area contributed by atoms with Gasteiger partial charge in [-0.2, -0.15) is 5.26 Å². The number of hydrogen-bond donors (Lipinski definition) is 3. The molecule has 3 fully saturated rings. The smallest absolute Gasteiger partial charge is 0.409 e. The van der Waals surface area contributed by atoms with Crippen LogP contribution in [0, 0.1) is 16.7 Å². The lowest BCUT2D eigenvalue weighted by molar-refractivity contribution is -0.139. The van der Waals surface area contributed by atoms with E-state index >= 15 is 0 Å². The first-order valence-corrected chi connectivity index (χ1v) is 10.7. The summed E-state index contributed by atoms with van der Waals surface area (Å²) in [5, 5.41) is 30.6. The number of carbonyl (C=O) groups is 2. The first kappa shape index (κ1) is 20.5. The second-order valence-corrected chi connectivity index (χ2v) is 8.79. The molecule has 1 atom stereocenters. The maximum atomic E-state index is 13.5. The van der Waals surface area contributed by atoms with E-state index in [1.165, 1.54) is 0 Å². The van der Waals surface area contributed by atoms with Crippen molar-refractivity contribution in [1.29, 1.82) is 5.26 Å². The fourth-order valence-corrected chi connectivity index (χ4v) is 5.38. The summed E-state index contributed by atoms with van der Waals surface area (Å²) in [5.74, 6) is 0.219. The quantitative estimate of drug-likeness (QED) is 0.703. The predicted molar refractivity (Wildman–Crippen MR) is 111 cm³/mol. The van der Waals surface area contributed by atoms with E-state index in [2.05, 4.69) is 16.3 Å². The first-order valence-electron chi connectivity index (χ1n) is 10.7. The summed E-state index contributed by atoms with van der Waals surface area (Å²) in [7, 11) is 0. The van der Waals surface area contributed by atoms with Crippen molar-refractivity contribution in [2.45, 2.75) is 57.1 Å². The van der Waals surface area contributed by atoms with Crippen LogP contribution in [-0.4, -0.2) is 58.9 Å². The molecule has 0 bridgehead atoms. The average molecular weight is 412 g/mol. The zero-order chi connectivity index (χ0) is 21.3. The van der Waals surface area contributed by atoms with Crippen LogP contribution in [-0.2, 0) is 4.79 Å². The van der Waals surface area contributed by atoms with E-state index in [1.54, 1.807) is 18.2 Å². The summed E-state index contributed by atoms with van der Waals surface area (Å²) in [4.78, 5) is 28.5. The van der Waals surface area contributed by atoms with Gasteiger partial charge in [0, 0.05) is 31.4 Å². The normalized spacial score (nSPS) is 29.1. The third kappa shape index (κ3) is 3.82. The maximum Gasteiger partial charge on any atom is 0.409 e. The van der Waals surface area contributed by atoms with E-state index in [0.717, 1.165) is 63.7 Å². The predicted octanol–water partition coefficient (Wildman–Crippen LogP) is 2.77. The maximum absolute atomic E-state index is 13.5.